The maximum absolute atomic E-state index is 10.5. The highest BCUT2D eigenvalue weighted by Crippen LogP contribution is 2.13. The zero-order chi connectivity index (χ0) is 7.78. The molecule has 1 aromatic heterocycles. The van der Waals surface area contributed by atoms with E-state index in [4.69, 9.17) is 9.56 Å². The summed E-state index contributed by atoms with van der Waals surface area (Å²) >= 11 is 1.85. The zero-order valence-corrected chi connectivity index (χ0v) is 7.72. The minimum atomic E-state index is -3.65. The van der Waals surface area contributed by atoms with Gasteiger partial charge in [0.2, 0.25) is 5.09 Å². The maximum Gasteiger partial charge on any atom is 0.271 e. The average molecular weight is 273 g/mol. The van der Waals surface area contributed by atoms with Crippen LogP contribution in [-0.2, 0) is 10.0 Å². The molecule has 0 bridgehead atoms. The van der Waals surface area contributed by atoms with E-state index in [9.17, 15) is 8.42 Å². The highest BCUT2D eigenvalue weighted by atomic mass is 127. The van der Waals surface area contributed by atoms with Crippen LogP contribution in [0.4, 0.5) is 0 Å². The standard InChI is InChI=1S/C4H4INO3S/c5-3-1-2-4(9-3)10(6,7)8/h1-2H,(H2,6,7,8). The Kier molecular flexibility index (Phi) is 2.02. The molecule has 0 atom stereocenters. The van der Waals surface area contributed by atoms with Gasteiger partial charge < -0.3 is 4.42 Å². The molecule has 1 aromatic rings. The number of primary sulfonamides is 1. The molecule has 4 nitrogen and oxygen atoms in total. The minimum absolute atomic E-state index is 0.197. The number of rotatable bonds is 1. The van der Waals surface area contributed by atoms with E-state index in [1.807, 2.05) is 22.6 Å². The molecular weight excluding hydrogens is 269 g/mol. The van der Waals surface area contributed by atoms with Gasteiger partial charge in [0.05, 0.1) is 0 Å². The topological polar surface area (TPSA) is 73.3 Å². The first kappa shape index (κ1) is 8.02. The van der Waals surface area contributed by atoms with Crippen molar-refractivity contribution >= 4 is 32.6 Å². The van der Waals surface area contributed by atoms with Crippen LogP contribution in [0.3, 0.4) is 0 Å². The smallest absolute Gasteiger partial charge is 0.271 e. The SMILES string of the molecule is NS(=O)(=O)c1ccc(I)o1. The summed E-state index contributed by atoms with van der Waals surface area (Å²) in [6.07, 6.45) is 0. The second-order valence-corrected chi connectivity index (χ2v) is 4.16. The van der Waals surface area contributed by atoms with Gasteiger partial charge in [-0.1, -0.05) is 0 Å². The Morgan fingerprint density at radius 1 is 1.50 bits per heavy atom. The molecule has 10 heavy (non-hydrogen) atoms. The van der Waals surface area contributed by atoms with Crippen molar-refractivity contribution in [1.82, 2.24) is 0 Å². The minimum Gasteiger partial charge on any atom is -0.438 e. The Morgan fingerprint density at radius 2 is 2.10 bits per heavy atom. The highest BCUT2D eigenvalue weighted by molar-refractivity contribution is 14.1. The van der Waals surface area contributed by atoms with Crippen molar-refractivity contribution in [2.24, 2.45) is 5.14 Å². The van der Waals surface area contributed by atoms with Crippen LogP contribution in [-0.4, -0.2) is 8.42 Å². The van der Waals surface area contributed by atoms with Gasteiger partial charge in [-0.2, -0.15) is 0 Å². The van der Waals surface area contributed by atoms with Crippen LogP contribution in [0, 0.1) is 3.77 Å². The molecule has 0 aromatic carbocycles. The first-order chi connectivity index (χ1) is 4.50. The van der Waals surface area contributed by atoms with Crippen LogP contribution in [0.2, 0.25) is 0 Å². The second-order valence-electron chi connectivity index (χ2n) is 1.60. The third-order valence-corrected chi connectivity index (χ3v) is 2.19. The summed E-state index contributed by atoms with van der Waals surface area (Å²) in [7, 11) is -3.65. The lowest BCUT2D eigenvalue weighted by atomic mass is 10.7. The van der Waals surface area contributed by atoms with E-state index in [0.29, 0.717) is 3.77 Å². The van der Waals surface area contributed by atoms with Gasteiger partial charge in [-0.3, -0.25) is 0 Å². The van der Waals surface area contributed by atoms with E-state index in [0.717, 1.165) is 0 Å². The van der Waals surface area contributed by atoms with E-state index in [-0.39, 0.29) is 5.09 Å². The van der Waals surface area contributed by atoms with Gasteiger partial charge in [-0.15, -0.1) is 0 Å². The molecule has 0 aliphatic heterocycles. The molecule has 0 aliphatic rings. The van der Waals surface area contributed by atoms with Gasteiger partial charge in [0.15, 0.2) is 3.77 Å². The average Bonchev–Trinajstić information content (AvgIpc) is 2.11. The Hall–Kier alpha value is -0.0800. The molecule has 6 heteroatoms. The van der Waals surface area contributed by atoms with Gasteiger partial charge in [0.25, 0.3) is 10.0 Å². The van der Waals surface area contributed by atoms with E-state index in [2.05, 4.69) is 0 Å². The predicted molar refractivity (Wildman–Crippen MR) is 42.8 cm³/mol. The summed E-state index contributed by atoms with van der Waals surface area (Å²) in [6.45, 7) is 0. The van der Waals surface area contributed by atoms with Crippen molar-refractivity contribution in [2.45, 2.75) is 5.09 Å². The third-order valence-electron chi connectivity index (χ3n) is 0.829. The number of furan rings is 1. The molecule has 0 fully saturated rings. The number of halogens is 1. The Balaban J connectivity index is 3.21. The normalized spacial score (nSPS) is 11.8. The molecule has 1 rings (SSSR count). The molecule has 0 amide bonds. The largest absolute Gasteiger partial charge is 0.438 e. The molecule has 0 aliphatic carbocycles. The molecule has 0 unspecified atom stereocenters. The molecule has 56 valence electrons. The fourth-order valence-corrected chi connectivity index (χ4v) is 1.48. The lowest BCUT2D eigenvalue weighted by Crippen LogP contribution is -2.10. The van der Waals surface area contributed by atoms with Crippen LogP contribution < -0.4 is 5.14 Å². The molecule has 0 spiro atoms. The first-order valence-electron chi connectivity index (χ1n) is 2.28. The number of hydrogen-bond donors (Lipinski definition) is 1. The van der Waals surface area contributed by atoms with E-state index < -0.39 is 10.0 Å². The van der Waals surface area contributed by atoms with Crippen LogP contribution in [0.25, 0.3) is 0 Å². The van der Waals surface area contributed by atoms with Gasteiger partial charge >= 0.3 is 0 Å². The number of sulfonamides is 1. The highest BCUT2D eigenvalue weighted by Gasteiger charge is 2.11. The number of nitrogens with two attached hydrogens (primary N) is 1. The van der Waals surface area contributed by atoms with E-state index >= 15 is 0 Å². The summed E-state index contributed by atoms with van der Waals surface area (Å²) in [4.78, 5) is 0. The molecule has 0 radical (unpaired) electrons. The van der Waals surface area contributed by atoms with Crippen molar-refractivity contribution in [1.29, 1.82) is 0 Å². The molecule has 0 saturated heterocycles. The van der Waals surface area contributed by atoms with Crippen LogP contribution in [0.5, 0.6) is 0 Å². The summed E-state index contributed by atoms with van der Waals surface area (Å²) < 4.78 is 26.3. The summed E-state index contributed by atoms with van der Waals surface area (Å²) in [5, 5.41) is 4.55. The van der Waals surface area contributed by atoms with Crippen molar-refractivity contribution in [3.8, 4) is 0 Å². The van der Waals surface area contributed by atoms with Gasteiger partial charge in [-0.25, -0.2) is 13.6 Å². The van der Waals surface area contributed by atoms with E-state index in [1.165, 1.54) is 12.1 Å². The van der Waals surface area contributed by atoms with Gasteiger partial charge in [0.1, 0.15) is 0 Å². The fourth-order valence-electron chi connectivity index (χ4n) is 0.451. The first-order valence-corrected chi connectivity index (χ1v) is 4.91. The second kappa shape index (κ2) is 2.51. The van der Waals surface area contributed by atoms with Crippen molar-refractivity contribution in [3.63, 3.8) is 0 Å². The Morgan fingerprint density at radius 3 is 2.30 bits per heavy atom. The van der Waals surface area contributed by atoms with Gasteiger partial charge in [-0.05, 0) is 34.7 Å². The summed E-state index contributed by atoms with van der Waals surface area (Å²) in [5.41, 5.74) is 0. The number of hydrogen-bond acceptors (Lipinski definition) is 3. The van der Waals surface area contributed by atoms with Crippen molar-refractivity contribution in [3.05, 3.63) is 15.9 Å². The maximum atomic E-state index is 10.5. The fraction of sp³-hybridized carbons (Fsp3) is 0. The lowest BCUT2D eigenvalue weighted by molar-refractivity contribution is 0.430. The molecular formula is C4H4INO3S. The summed E-state index contributed by atoms with van der Waals surface area (Å²) in [6, 6.07) is 2.84. The predicted octanol–water partition coefficient (Wildman–Crippen LogP) is 0.532. The van der Waals surface area contributed by atoms with Crippen molar-refractivity contribution < 1.29 is 12.8 Å². The molecule has 1 heterocycles. The van der Waals surface area contributed by atoms with Crippen LogP contribution in [0.15, 0.2) is 21.6 Å². The third kappa shape index (κ3) is 1.70. The van der Waals surface area contributed by atoms with Crippen LogP contribution in [0.1, 0.15) is 0 Å². The van der Waals surface area contributed by atoms with Crippen molar-refractivity contribution in [2.75, 3.05) is 0 Å². The monoisotopic (exact) mass is 273 g/mol. The Bertz CT molecular complexity index is 328. The van der Waals surface area contributed by atoms with E-state index in [1.54, 1.807) is 0 Å². The zero-order valence-electron chi connectivity index (χ0n) is 4.74. The van der Waals surface area contributed by atoms with Crippen LogP contribution >= 0.6 is 22.6 Å². The van der Waals surface area contributed by atoms with Gasteiger partial charge in [0, 0.05) is 0 Å². The quantitative estimate of drug-likeness (QED) is 0.758. The Labute approximate surface area is 71.6 Å². The molecule has 2 N–H and O–H groups in total. The lowest BCUT2D eigenvalue weighted by Gasteiger charge is -1.87. The summed E-state index contributed by atoms with van der Waals surface area (Å²) in [5.74, 6) is 0. The molecule has 0 saturated carbocycles.